The minimum atomic E-state index is -0.190. The van der Waals surface area contributed by atoms with Crippen LogP contribution < -0.4 is 5.32 Å². The zero-order valence-electron chi connectivity index (χ0n) is 13.3. The van der Waals surface area contributed by atoms with Crippen LogP contribution in [-0.2, 0) is 13.5 Å². The Bertz CT molecular complexity index is 604. The fourth-order valence-corrected chi connectivity index (χ4v) is 2.61. The van der Waals surface area contributed by atoms with Crippen LogP contribution in [0.1, 0.15) is 48.8 Å². The molecule has 1 N–H and O–H groups in total. The number of halogens is 1. The normalized spacial score (nSPS) is 12.6. The first-order valence-electron chi connectivity index (χ1n) is 7.59. The molecule has 114 valence electrons. The van der Waals surface area contributed by atoms with Crippen molar-refractivity contribution in [2.45, 2.75) is 39.7 Å². The Labute approximate surface area is 126 Å². The topological polar surface area (TPSA) is 29.9 Å². The van der Waals surface area contributed by atoms with Crippen LogP contribution in [0.15, 0.2) is 24.3 Å². The van der Waals surface area contributed by atoms with E-state index in [1.54, 1.807) is 6.07 Å². The molecule has 0 radical (unpaired) electrons. The zero-order valence-corrected chi connectivity index (χ0v) is 13.3. The van der Waals surface area contributed by atoms with Crippen molar-refractivity contribution in [1.82, 2.24) is 15.1 Å². The lowest BCUT2D eigenvalue weighted by atomic mass is 9.98. The summed E-state index contributed by atoms with van der Waals surface area (Å²) in [5, 5.41) is 8.09. The summed E-state index contributed by atoms with van der Waals surface area (Å²) < 4.78 is 15.3. The first-order chi connectivity index (χ1) is 10.1. The number of benzene rings is 1. The molecule has 0 spiro atoms. The number of rotatable bonds is 6. The third kappa shape index (κ3) is 3.50. The van der Waals surface area contributed by atoms with Gasteiger partial charge in [-0.25, -0.2) is 4.39 Å². The van der Waals surface area contributed by atoms with Gasteiger partial charge in [-0.15, -0.1) is 0 Å². The van der Waals surface area contributed by atoms with Crippen molar-refractivity contribution in [3.8, 4) is 0 Å². The van der Waals surface area contributed by atoms with E-state index in [1.165, 1.54) is 6.07 Å². The SMILES string of the molecule is CCCNC(c1ccc(F)cc1C)c1cc(CC)nn1C. The van der Waals surface area contributed by atoms with Gasteiger partial charge in [-0.2, -0.15) is 5.10 Å². The molecule has 0 fully saturated rings. The smallest absolute Gasteiger partial charge is 0.123 e. The number of aryl methyl sites for hydroxylation is 3. The highest BCUT2D eigenvalue weighted by Gasteiger charge is 2.20. The third-order valence-electron chi connectivity index (χ3n) is 3.77. The highest BCUT2D eigenvalue weighted by atomic mass is 19.1. The molecule has 0 aliphatic rings. The summed E-state index contributed by atoms with van der Waals surface area (Å²) in [6, 6.07) is 7.17. The van der Waals surface area contributed by atoms with Crippen molar-refractivity contribution in [1.29, 1.82) is 0 Å². The summed E-state index contributed by atoms with van der Waals surface area (Å²) in [5.74, 6) is -0.190. The van der Waals surface area contributed by atoms with Gasteiger partial charge in [-0.1, -0.05) is 19.9 Å². The molecule has 1 aromatic heterocycles. The van der Waals surface area contributed by atoms with Crippen molar-refractivity contribution < 1.29 is 4.39 Å². The van der Waals surface area contributed by atoms with Crippen molar-refractivity contribution in [3.63, 3.8) is 0 Å². The molecule has 0 saturated carbocycles. The Hall–Kier alpha value is -1.68. The van der Waals surface area contributed by atoms with Crippen LogP contribution in [0.4, 0.5) is 4.39 Å². The summed E-state index contributed by atoms with van der Waals surface area (Å²) in [6.07, 6.45) is 1.96. The van der Waals surface area contributed by atoms with Gasteiger partial charge in [-0.05, 0) is 55.6 Å². The van der Waals surface area contributed by atoms with Gasteiger partial charge in [0.2, 0.25) is 0 Å². The fourth-order valence-electron chi connectivity index (χ4n) is 2.61. The molecule has 0 aliphatic carbocycles. The van der Waals surface area contributed by atoms with Crippen LogP contribution in [0.25, 0.3) is 0 Å². The van der Waals surface area contributed by atoms with Gasteiger partial charge in [0, 0.05) is 7.05 Å². The molecule has 0 bridgehead atoms. The van der Waals surface area contributed by atoms with Crippen LogP contribution in [-0.4, -0.2) is 16.3 Å². The van der Waals surface area contributed by atoms with Gasteiger partial charge in [0.05, 0.1) is 17.4 Å². The van der Waals surface area contributed by atoms with Gasteiger partial charge >= 0.3 is 0 Å². The maximum absolute atomic E-state index is 13.4. The second kappa shape index (κ2) is 6.85. The summed E-state index contributed by atoms with van der Waals surface area (Å²) in [6.45, 7) is 7.11. The Morgan fingerprint density at radius 3 is 2.62 bits per heavy atom. The van der Waals surface area contributed by atoms with E-state index < -0.39 is 0 Å². The standard InChI is InChI=1S/C17H24FN3/c1-5-9-19-17(15-8-7-13(18)10-12(15)3)16-11-14(6-2)20-21(16)4/h7-8,10-11,17,19H,5-6,9H2,1-4H3. The zero-order chi connectivity index (χ0) is 15.4. The number of aromatic nitrogens is 2. The minimum Gasteiger partial charge on any atom is -0.305 e. The molecule has 0 amide bonds. The first-order valence-corrected chi connectivity index (χ1v) is 7.59. The van der Waals surface area contributed by atoms with Gasteiger partial charge in [-0.3, -0.25) is 4.68 Å². The molecule has 3 nitrogen and oxygen atoms in total. The average molecular weight is 289 g/mol. The lowest BCUT2D eigenvalue weighted by Crippen LogP contribution is -2.26. The minimum absolute atomic E-state index is 0.0448. The van der Waals surface area contributed by atoms with Crippen LogP contribution in [0, 0.1) is 12.7 Å². The Kier molecular flexibility index (Phi) is 5.12. The molecule has 4 heteroatoms. The fraction of sp³-hybridized carbons (Fsp3) is 0.471. The van der Waals surface area contributed by atoms with E-state index in [1.807, 2.05) is 24.7 Å². The number of nitrogens with one attached hydrogen (secondary N) is 1. The van der Waals surface area contributed by atoms with Crippen molar-refractivity contribution in [2.24, 2.45) is 7.05 Å². The first kappa shape index (κ1) is 15.7. The molecule has 2 aromatic rings. The van der Waals surface area contributed by atoms with Crippen LogP contribution in [0.3, 0.4) is 0 Å². The number of nitrogens with zero attached hydrogens (tertiary/aromatic N) is 2. The monoisotopic (exact) mass is 289 g/mol. The van der Waals surface area contributed by atoms with Gasteiger partial charge in [0.1, 0.15) is 5.82 Å². The molecule has 21 heavy (non-hydrogen) atoms. The summed E-state index contributed by atoms with van der Waals surface area (Å²) in [5.41, 5.74) is 4.27. The summed E-state index contributed by atoms with van der Waals surface area (Å²) in [4.78, 5) is 0. The Morgan fingerprint density at radius 1 is 1.29 bits per heavy atom. The number of hydrogen-bond donors (Lipinski definition) is 1. The highest BCUT2D eigenvalue weighted by Crippen LogP contribution is 2.26. The van der Waals surface area contributed by atoms with Crippen molar-refractivity contribution >= 4 is 0 Å². The molecule has 1 aromatic carbocycles. The summed E-state index contributed by atoms with van der Waals surface area (Å²) >= 11 is 0. The number of hydrogen-bond acceptors (Lipinski definition) is 2. The summed E-state index contributed by atoms with van der Waals surface area (Å²) in [7, 11) is 1.97. The average Bonchev–Trinajstić information content (AvgIpc) is 2.82. The molecule has 0 saturated heterocycles. The Morgan fingerprint density at radius 2 is 2.05 bits per heavy atom. The lowest BCUT2D eigenvalue weighted by molar-refractivity contribution is 0.549. The van der Waals surface area contributed by atoms with E-state index in [0.717, 1.165) is 41.9 Å². The van der Waals surface area contributed by atoms with E-state index in [4.69, 9.17) is 0 Å². The van der Waals surface area contributed by atoms with Crippen molar-refractivity contribution in [3.05, 3.63) is 52.6 Å². The van der Waals surface area contributed by atoms with Crippen LogP contribution in [0.2, 0.25) is 0 Å². The van der Waals surface area contributed by atoms with Crippen LogP contribution >= 0.6 is 0 Å². The quantitative estimate of drug-likeness (QED) is 0.882. The molecule has 1 unspecified atom stereocenters. The predicted octanol–water partition coefficient (Wildman–Crippen LogP) is 3.52. The Balaban J connectivity index is 2.44. The second-order valence-corrected chi connectivity index (χ2v) is 5.43. The molecule has 2 rings (SSSR count). The van der Waals surface area contributed by atoms with E-state index in [-0.39, 0.29) is 11.9 Å². The second-order valence-electron chi connectivity index (χ2n) is 5.43. The highest BCUT2D eigenvalue weighted by molar-refractivity contribution is 5.35. The lowest BCUT2D eigenvalue weighted by Gasteiger charge is -2.21. The van der Waals surface area contributed by atoms with E-state index in [0.29, 0.717) is 0 Å². The molecule has 1 heterocycles. The molecule has 1 atom stereocenters. The van der Waals surface area contributed by atoms with E-state index in [2.05, 4.69) is 30.3 Å². The van der Waals surface area contributed by atoms with Gasteiger partial charge in [0.15, 0.2) is 0 Å². The maximum Gasteiger partial charge on any atom is 0.123 e. The predicted molar refractivity (Wildman–Crippen MR) is 83.9 cm³/mol. The molecular weight excluding hydrogens is 265 g/mol. The van der Waals surface area contributed by atoms with Crippen molar-refractivity contribution in [2.75, 3.05) is 6.54 Å². The van der Waals surface area contributed by atoms with Crippen LogP contribution in [0.5, 0.6) is 0 Å². The largest absolute Gasteiger partial charge is 0.305 e. The maximum atomic E-state index is 13.4. The third-order valence-corrected chi connectivity index (χ3v) is 3.77. The van der Waals surface area contributed by atoms with E-state index >= 15 is 0 Å². The van der Waals surface area contributed by atoms with E-state index in [9.17, 15) is 4.39 Å². The molecular formula is C17H24FN3. The molecule has 0 aliphatic heterocycles. The van der Waals surface area contributed by atoms with Gasteiger partial charge < -0.3 is 5.32 Å². The van der Waals surface area contributed by atoms with Gasteiger partial charge in [0.25, 0.3) is 0 Å².